The van der Waals surface area contributed by atoms with Crippen molar-refractivity contribution in [3.8, 4) is 0 Å². The molecule has 5 aromatic heterocycles. The Hall–Kier alpha value is -4.02. The molecule has 0 atom stereocenters. The molecule has 3 nitrogen and oxygen atoms in total. The molecule has 0 spiro atoms. The van der Waals surface area contributed by atoms with Crippen LogP contribution < -0.4 is 0 Å². The summed E-state index contributed by atoms with van der Waals surface area (Å²) in [7, 11) is 0. The van der Waals surface area contributed by atoms with Gasteiger partial charge in [0.2, 0.25) is 5.71 Å². The van der Waals surface area contributed by atoms with E-state index in [-0.39, 0.29) is 0 Å². The van der Waals surface area contributed by atoms with Crippen molar-refractivity contribution in [1.82, 2.24) is 9.38 Å². The predicted molar refractivity (Wildman–Crippen MR) is 136 cm³/mol. The first-order valence-corrected chi connectivity index (χ1v) is 11.6. The number of nitrogens with zero attached hydrogens (tertiary/aromatic N) is 1. The minimum atomic E-state index is 0.922. The third-order valence-electron chi connectivity index (χ3n) is 7.07. The van der Waals surface area contributed by atoms with Crippen molar-refractivity contribution in [2.75, 3.05) is 0 Å². The third kappa shape index (κ3) is 1.59. The number of aromatic amines is 1. The van der Waals surface area contributed by atoms with E-state index in [0.29, 0.717) is 0 Å². The first-order chi connectivity index (χ1) is 15.9. The van der Waals surface area contributed by atoms with Crippen molar-refractivity contribution >= 4 is 91.8 Å². The fourth-order valence-corrected chi connectivity index (χ4v) is 7.06. The summed E-state index contributed by atoms with van der Waals surface area (Å²) in [6.45, 7) is 0. The number of hydrogen-bond acceptors (Lipinski definition) is 2. The SMILES string of the molecule is c1ccc2c(c1)oc1c2c2cccc3[nH]c4ccc5c6sc7ccccc7c6n1c5c4c32. The highest BCUT2D eigenvalue weighted by molar-refractivity contribution is 7.26. The van der Waals surface area contributed by atoms with Crippen LogP contribution in [0.2, 0.25) is 0 Å². The molecule has 9 rings (SSSR count). The maximum absolute atomic E-state index is 6.67. The Labute approximate surface area is 184 Å². The monoisotopic (exact) mass is 426 g/mol. The molecular weight excluding hydrogens is 412 g/mol. The molecule has 0 aliphatic carbocycles. The van der Waals surface area contributed by atoms with Crippen LogP contribution in [0.15, 0.2) is 83.3 Å². The van der Waals surface area contributed by atoms with Crippen LogP contribution in [0.5, 0.6) is 0 Å². The Balaban J connectivity index is 1.81. The van der Waals surface area contributed by atoms with Crippen molar-refractivity contribution in [1.29, 1.82) is 0 Å². The van der Waals surface area contributed by atoms with E-state index < -0.39 is 0 Å². The average molecular weight is 427 g/mol. The molecule has 0 saturated heterocycles. The lowest BCUT2D eigenvalue weighted by molar-refractivity contribution is 0.651. The van der Waals surface area contributed by atoms with Crippen molar-refractivity contribution in [2.24, 2.45) is 0 Å². The first kappa shape index (κ1) is 15.7. The number of para-hydroxylation sites is 1. The molecule has 0 bridgehead atoms. The van der Waals surface area contributed by atoms with Gasteiger partial charge in [-0.2, -0.15) is 0 Å². The van der Waals surface area contributed by atoms with Crippen LogP contribution in [0.1, 0.15) is 0 Å². The molecule has 32 heavy (non-hydrogen) atoms. The summed E-state index contributed by atoms with van der Waals surface area (Å²) in [6.07, 6.45) is 0. The van der Waals surface area contributed by atoms with Crippen molar-refractivity contribution in [2.45, 2.75) is 0 Å². The lowest BCUT2D eigenvalue weighted by Gasteiger charge is -1.99. The summed E-state index contributed by atoms with van der Waals surface area (Å²) in [5, 5.41) is 8.71. The van der Waals surface area contributed by atoms with E-state index in [2.05, 4.69) is 88.2 Å². The maximum atomic E-state index is 6.67. The first-order valence-electron chi connectivity index (χ1n) is 10.8. The molecule has 0 amide bonds. The van der Waals surface area contributed by atoms with E-state index in [4.69, 9.17) is 4.42 Å². The number of aromatic nitrogens is 2. The normalized spacial score (nSPS) is 13.0. The van der Waals surface area contributed by atoms with Gasteiger partial charge in [0.05, 0.1) is 21.1 Å². The number of thiophene rings is 1. The fourth-order valence-electron chi connectivity index (χ4n) is 5.84. The van der Waals surface area contributed by atoms with Gasteiger partial charge in [0, 0.05) is 42.7 Å². The van der Waals surface area contributed by atoms with Gasteiger partial charge in [0.15, 0.2) is 0 Å². The fraction of sp³-hybridized carbons (Fsp3) is 0. The molecule has 5 heterocycles. The van der Waals surface area contributed by atoms with Gasteiger partial charge in [-0.3, -0.25) is 4.40 Å². The summed E-state index contributed by atoms with van der Waals surface area (Å²) < 4.78 is 11.7. The van der Waals surface area contributed by atoms with Gasteiger partial charge in [-0.25, -0.2) is 0 Å². The minimum Gasteiger partial charge on any atom is -0.439 e. The largest absolute Gasteiger partial charge is 0.439 e. The van der Waals surface area contributed by atoms with Crippen LogP contribution in [0.4, 0.5) is 0 Å². The molecule has 0 aliphatic rings. The van der Waals surface area contributed by atoms with E-state index in [0.717, 1.165) is 16.7 Å². The van der Waals surface area contributed by atoms with Crippen molar-refractivity contribution < 1.29 is 4.42 Å². The standard InChI is InChI=1S/C28H14N2OS/c1-3-10-20-14(6-1)22-16-8-5-9-18-23(16)24-19(29-18)13-12-17-25(24)30(28(22)31-20)26-15-7-2-4-11-21(15)32-27(17)26/h1-13,29H. The smallest absolute Gasteiger partial charge is 0.213 e. The van der Waals surface area contributed by atoms with Gasteiger partial charge >= 0.3 is 0 Å². The highest BCUT2D eigenvalue weighted by Gasteiger charge is 2.24. The number of rotatable bonds is 0. The van der Waals surface area contributed by atoms with E-state index >= 15 is 0 Å². The third-order valence-corrected chi connectivity index (χ3v) is 8.27. The Morgan fingerprint density at radius 3 is 2.41 bits per heavy atom. The number of benzene rings is 4. The molecule has 0 unspecified atom stereocenters. The van der Waals surface area contributed by atoms with Crippen LogP contribution in [-0.4, -0.2) is 9.38 Å². The number of furan rings is 1. The van der Waals surface area contributed by atoms with Gasteiger partial charge in [0.25, 0.3) is 0 Å². The number of hydrogen-bond donors (Lipinski definition) is 1. The van der Waals surface area contributed by atoms with Crippen LogP contribution >= 0.6 is 11.3 Å². The van der Waals surface area contributed by atoms with Crippen LogP contribution in [-0.2, 0) is 0 Å². The van der Waals surface area contributed by atoms with Crippen LogP contribution in [0.3, 0.4) is 0 Å². The molecule has 4 heteroatoms. The topological polar surface area (TPSA) is 33.3 Å². The molecule has 0 aliphatic heterocycles. The second-order valence-corrected chi connectivity index (χ2v) is 9.68. The summed E-state index contributed by atoms with van der Waals surface area (Å²) in [6, 6.07) is 28.2. The minimum absolute atomic E-state index is 0.922. The molecule has 148 valence electrons. The Morgan fingerprint density at radius 1 is 0.625 bits per heavy atom. The van der Waals surface area contributed by atoms with Gasteiger partial charge in [-0.15, -0.1) is 11.3 Å². The van der Waals surface area contributed by atoms with E-state index in [1.807, 2.05) is 11.3 Å². The number of fused-ring (bicyclic) bond motifs is 10. The average Bonchev–Trinajstić information content (AvgIpc) is 3.54. The van der Waals surface area contributed by atoms with E-state index in [1.165, 1.54) is 63.8 Å². The second kappa shape index (κ2) is 5.06. The zero-order valence-corrected chi connectivity index (χ0v) is 17.6. The summed E-state index contributed by atoms with van der Waals surface area (Å²) >= 11 is 1.87. The maximum Gasteiger partial charge on any atom is 0.213 e. The highest BCUT2D eigenvalue weighted by Crippen LogP contribution is 2.48. The number of nitrogens with one attached hydrogen (secondary N) is 1. The molecule has 1 N–H and O–H groups in total. The summed E-state index contributed by atoms with van der Waals surface area (Å²) in [5.41, 5.74) is 6.68. The van der Waals surface area contributed by atoms with E-state index in [1.54, 1.807) is 0 Å². The van der Waals surface area contributed by atoms with Gasteiger partial charge < -0.3 is 9.40 Å². The van der Waals surface area contributed by atoms with Crippen LogP contribution in [0.25, 0.3) is 80.5 Å². The molecule has 9 aromatic rings. The molecule has 4 aromatic carbocycles. The molecular formula is C28H14N2OS. The van der Waals surface area contributed by atoms with E-state index in [9.17, 15) is 0 Å². The van der Waals surface area contributed by atoms with Gasteiger partial charge in [-0.1, -0.05) is 48.5 Å². The lowest BCUT2D eigenvalue weighted by atomic mass is 10.0. The summed E-state index contributed by atoms with van der Waals surface area (Å²) in [4.78, 5) is 3.68. The zero-order chi connectivity index (χ0) is 20.6. The Morgan fingerprint density at radius 2 is 1.44 bits per heavy atom. The second-order valence-electron chi connectivity index (χ2n) is 8.63. The predicted octanol–water partition coefficient (Wildman–Crippen LogP) is 8.43. The number of H-pyrrole nitrogens is 1. The quantitative estimate of drug-likeness (QED) is 0.259. The van der Waals surface area contributed by atoms with Crippen molar-refractivity contribution in [3.05, 3.63) is 78.9 Å². The molecule has 0 fully saturated rings. The van der Waals surface area contributed by atoms with Gasteiger partial charge in [0.1, 0.15) is 5.58 Å². The highest BCUT2D eigenvalue weighted by atomic mass is 32.1. The van der Waals surface area contributed by atoms with Gasteiger partial charge in [-0.05, 0) is 35.7 Å². The Kier molecular flexibility index (Phi) is 2.49. The van der Waals surface area contributed by atoms with Crippen LogP contribution in [0, 0.1) is 0 Å². The molecule has 0 saturated carbocycles. The summed E-state index contributed by atoms with van der Waals surface area (Å²) in [5.74, 6) is 0. The Bertz CT molecular complexity index is 2200. The van der Waals surface area contributed by atoms with Crippen molar-refractivity contribution in [3.63, 3.8) is 0 Å². The molecule has 0 radical (unpaired) electrons. The lowest BCUT2D eigenvalue weighted by Crippen LogP contribution is -1.83. The zero-order valence-electron chi connectivity index (χ0n) is 16.8.